The Bertz CT molecular complexity index is 713. The van der Waals surface area contributed by atoms with Crippen molar-refractivity contribution in [3.05, 3.63) is 34.9 Å². The van der Waals surface area contributed by atoms with Crippen LogP contribution in [-0.2, 0) is 9.59 Å². The molecule has 27 heavy (non-hydrogen) atoms. The van der Waals surface area contributed by atoms with Crippen LogP contribution in [0.1, 0.15) is 43.7 Å². The van der Waals surface area contributed by atoms with Gasteiger partial charge >= 0.3 is 0 Å². The third kappa shape index (κ3) is 4.14. The fourth-order valence-electron chi connectivity index (χ4n) is 4.43. The largest absolute Gasteiger partial charge is 0.342 e. The lowest BCUT2D eigenvalue weighted by molar-refractivity contribution is -0.137. The van der Waals surface area contributed by atoms with Crippen LogP contribution in [0, 0.1) is 11.8 Å². The van der Waals surface area contributed by atoms with E-state index in [1.807, 2.05) is 29.2 Å². The molecule has 1 aromatic rings. The van der Waals surface area contributed by atoms with E-state index in [1.165, 1.54) is 12.8 Å². The fraction of sp³-hybridized carbons (Fsp3) is 0.619. The second kappa shape index (κ2) is 7.80. The van der Waals surface area contributed by atoms with Crippen molar-refractivity contribution in [1.29, 1.82) is 0 Å². The highest BCUT2D eigenvalue weighted by Gasteiger charge is 2.44. The second-order valence-electron chi connectivity index (χ2n) is 8.27. The van der Waals surface area contributed by atoms with Crippen molar-refractivity contribution in [2.75, 3.05) is 26.7 Å². The summed E-state index contributed by atoms with van der Waals surface area (Å²) in [7, 11) is 1.79. The SMILES string of the molecule is CN1C(=O)CC(C(=O)N2CCC(NCC3CC3)CC2)C1c1cccc(Cl)c1. The predicted molar refractivity (Wildman–Crippen MR) is 105 cm³/mol. The fourth-order valence-corrected chi connectivity index (χ4v) is 4.63. The molecule has 0 aromatic heterocycles. The Morgan fingerprint density at radius 2 is 1.96 bits per heavy atom. The molecule has 2 aliphatic heterocycles. The molecule has 2 saturated heterocycles. The van der Waals surface area contributed by atoms with Gasteiger partial charge < -0.3 is 15.1 Å². The molecule has 1 aliphatic carbocycles. The molecule has 1 saturated carbocycles. The van der Waals surface area contributed by atoms with Gasteiger partial charge in [-0.15, -0.1) is 0 Å². The van der Waals surface area contributed by atoms with Gasteiger partial charge in [0.15, 0.2) is 0 Å². The van der Waals surface area contributed by atoms with E-state index in [2.05, 4.69) is 5.32 Å². The average molecular weight is 390 g/mol. The van der Waals surface area contributed by atoms with E-state index in [1.54, 1.807) is 11.9 Å². The summed E-state index contributed by atoms with van der Waals surface area (Å²) in [6.07, 6.45) is 5.00. The Kier molecular flexibility index (Phi) is 5.42. The summed E-state index contributed by atoms with van der Waals surface area (Å²) in [4.78, 5) is 29.3. The van der Waals surface area contributed by atoms with Crippen molar-refractivity contribution in [3.8, 4) is 0 Å². The molecule has 0 spiro atoms. The molecular weight excluding hydrogens is 362 g/mol. The van der Waals surface area contributed by atoms with Crippen LogP contribution >= 0.6 is 11.6 Å². The second-order valence-corrected chi connectivity index (χ2v) is 8.70. The lowest BCUT2D eigenvalue weighted by atomic mass is 9.91. The van der Waals surface area contributed by atoms with E-state index in [-0.39, 0.29) is 30.2 Å². The summed E-state index contributed by atoms with van der Waals surface area (Å²) in [5.41, 5.74) is 0.940. The van der Waals surface area contributed by atoms with Crippen LogP contribution in [0.4, 0.5) is 0 Å². The third-order valence-electron chi connectivity index (χ3n) is 6.29. The summed E-state index contributed by atoms with van der Waals surface area (Å²) < 4.78 is 0. The van der Waals surface area contributed by atoms with Crippen molar-refractivity contribution in [2.45, 2.75) is 44.2 Å². The first-order chi connectivity index (χ1) is 13.0. The molecule has 2 unspecified atom stereocenters. The minimum atomic E-state index is -0.322. The lowest BCUT2D eigenvalue weighted by Gasteiger charge is -2.35. The molecule has 1 N–H and O–H groups in total. The Balaban J connectivity index is 1.41. The number of likely N-dealkylation sites (tertiary alicyclic amines) is 2. The van der Waals surface area contributed by atoms with Gasteiger partial charge in [-0.3, -0.25) is 9.59 Å². The topological polar surface area (TPSA) is 52.7 Å². The number of amides is 2. The number of halogens is 1. The first-order valence-corrected chi connectivity index (χ1v) is 10.4. The Labute approximate surface area is 166 Å². The minimum Gasteiger partial charge on any atom is -0.342 e. The summed E-state index contributed by atoms with van der Waals surface area (Å²) in [6, 6.07) is 7.82. The lowest BCUT2D eigenvalue weighted by Crippen LogP contribution is -2.47. The van der Waals surface area contributed by atoms with Crippen molar-refractivity contribution in [1.82, 2.24) is 15.1 Å². The van der Waals surface area contributed by atoms with Crippen LogP contribution in [-0.4, -0.2) is 54.3 Å². The van der Waals surface area contributed by atoms with Gasteiger partial charge in [-0.1, -0.05) is 23.7 Å². The van der Waals surface area contributed by atoms with Crippen LogP contribution in [0.15, 0.2) is 24.3 Å². The number of nitrogens with zero attached hydrogens (tertiary/aromatic N) is 2. The highest BCUT2D eigenvalue weighted by Crippen LogP contribution is 2.39. The normalized spacial score (nSPS) is 26.7. The number of rotatable bonds is 5. The smallest absolute Gasteiger partial charge is 0.228 e. The van der Waals surface area contributed by atoms with Gasteiger partial charge in [0, 0.05) is 37.6 Å². The molecule has 0 bridgehead atoms. The van der Waals surface area contributed by atoms with Crippen LogP contribution in [0.3, 0.4) is 0 Å². The van der Waals surface area contributed by atoms with E-state index >= 15 is 0 Å². The zero-order chi connectivity index (χ0) is 19.0. The van der Waals surface area contributed by atoms with Crippen molar-refractivity contribution >= 4 is 23.4 Å². The summed E-state index contributed by atoms with van der Waals surface area (Å²) in [5.74, 6) is 0.692. The molecule has 3 fully saturated rings. The maximum absolute atomic E-state index is 13.2. The molecule has 0 radical (unpaired) electrons. The summed E-state index contributed by atoms with van der Waals surface area (Å²) in [5, 5.41) is 4.29. The van der Waals surface area contributed by atoms with Crippen molar-refractivity contribution in [3.63, 3.8) is 0 Å². The maximum Gasteiger partial charge on any atom is 0.228 e. The predicted octanol–water partition coefficient (Wildman–Crippen LogP) is 2.85. The molecule has 1 aromatic carbocycles. The van der Waals surface area contributed by atoms with E-state index in [9.17, 15) is 9.59 Å². The van der Waals surface area contributed by atoms with Gasteiger partial charge in [0.05, 0.1) is 12.0 Å². The zero-order valence-corrected chi connectivity index (χ0v) is 16.6. The molecule has 5 nitrogen and oxygen atoms in total. The number of nitrogens with one attached hydrogen (secondary N) is 1. The van der Waals surface area contributed by atoms with E-state index in [4.69, 9.17) is 11.6 Å². The first kappa shape index (κ1) is 18.8. The van der Waals surface area contributed by atoms with E-state index in [0.29, 0.717) is 11.1 Å². The molecule has 4 rings (SSSR count). The molecule has 3 aliphatic rings. The van der Waals surface area contributed by atoms with Crippen molar-refractivity contribution < 1.29 is 9.59 Å². The van der Waals surface area contributed by atoms with E-state index < -0.39 is 0 Å². The van der Waals surface area contributed by atoms with Crippen LogP contribution in [0.2, 0.25) is 5.02 Å². The molecule has 2 amide bonds. The highest BCUT2D eigenvalue weighted by molar-refractivity contribution is 6.30. The molecule has 2 heterocycles. The minimum absolute atomic E-state index is 0.0271. The van der Waals surface area contributed by atoms with Gasteiger partial charge in [0.25, 0.3) is 0 Å². The molecule has 146 valence electrons. The Morgan fingerprint density at radius 3 is 2.63 bits per heavy atom. The number of hydrogen-bond acceptors (Lipinski definition) is 3. The third-order valence-corrected chi connectivity index (χ3v) is 6.53. The Hall–Kier alpha value is -1.59. The van der Waals surface area contributed by atoms with Gasteiger partial charge in [-0.2, -0.15) is 0 Å². The van der Waals surface area contributed by atoms with E-state index in [0.717, 1.165) is 44.0 Å². The summed E-state index contributed by atoms with van der Waals surface area (Å²) >= 11 is 6.15. The number of piperidine rings is 1. The van der Waals surface area contributed by atoms with Gasteiger partial charge in [-0.05, 0) is 55.8 Å². The first-order valence-electron chi connectivity index (χ1n) is 10.1. The maximum atomic E-state index is 13.2. The molecule has 6 heteroatoms. The number of hydrogen-bond donors (Lipinski definition) is 1. The van der Waals surface area contributed by atoms with Gasteiger partial charge in [-0.25, -0.2) is 0 Å². The van der Waals surface area contributed by atoms with Crippen LogP contribution in [0.25, 0.3) is 0 Å². The number of carbonyl (C=O) groups excluding carboxylic acids is 2. The van der Waals surface area contributed by atoms with Gasteiger partial charge in [0.2, 0.25) is 11.8 Å². The highest BCUT2D eigenvalue weighted by atomic mass is 35.5. The molecule has 2 atom stereocenters. The number of benzene rings is 1. The van der Waals surface area contributed by atoms with Crippen LogP contribution < -0.4 is 5.32 Å². The standard InChI is InChI=1S/C21H28ClN3O2/c1-24-19(26)12-18(20(24)15-3-2-4-16(22)11-15)21(27)25-9-7-17(8-10-25)23-13-14-5-6-14/h2-4,11,14,17-18,20,23H,5-10,12-13H2,1H3. The monoisotopic (exact) mass is 389 g/mol. The van der Waals surface area contributed by atoms with Crippen molar-refractivity contribution in [2.24, 2.45) is 11.8 Å². The molecular formula is C21H28ClN3O2. The van der Waals surface area contributed by atoms with Crippen LogP contribution in [0.5, 0.6) is 0 Å². The zero-order valence-electron chi connectivity index (χ0n) is 15.9. The Morgan fingerprint density at radius 1 is 1.22 bits per heavy atom. The quantitative estimate of drug-likeness (QED) is 0.842. The number of carbonyl (C=O) groups is 2. The average Bonchev–Trinajstić information content (AvgIpc) is 3.45. The van der Waals surface area contributed by atoms with Gasteiger partial charge in [0.1, 0.15) is 0 Å². The summed E-state index contributed by atoms with van der Waals surface area (Å²) in [6.45, 7) is 2.67.